The van der Waals surface area contributed by atoms with Crippen molar-refractivity contribution in [3.8, 4) is 5.75 Å². The Hall–Kier alpha value is -3.23. The van der Waals surface area contributed by atoms with Gasteiger partial charge in [0.05, 0.1) is 22.1 Å². The number of thiocarbonyl (C=S) groups is 1. The number of thioether (sulfide) groups is 1. The summed E-state index contributed by atoms with van der Waals surface area (Å²) in [6, 6.07) is 17.8. The van der Waals surface area contributed by atoms with E-state index in [1.807, 2.05) is 36.4 Å². The number of rotatable bonds is 7. The van der Waals surface area contributed by atoms with Gasteiger partial charge in [-0.1, -0.05) is 73.7 Å². The quantitative estimate of drug-likeness (QED) is 0.134. The van der Waals surface area contributed by atoms with Crippen molar-refractivity contribution in [3.05, 3.63) is 81.2 Å². The number of carbonyl (C=O) groups is 1. The SMILES string of the molecule is CCCCOc1ccc2ccccc2c1/C=C1/SC(=S)N(c2cccc([N+](=O)[O-])c2)C1=O. The van der Waals surface area contributed by atoms with E-state index < -0.39 is 4.92 Å². The van der Waals surface area contributed by atoms with Crippen LogP contribution in [0.3, 0.4) is 0 Å². The molecule has 32 heavy (non-hydrogen) atoms. The first-order valence-electron chi connectivity index (χ1n) is 10.2. The lowest BCUT2D eigenvalue weighted by molar-refractivity contribution is -0.384. The summed E-state index contributed by atoms with van der Waals surface area (Å²) >= 11 is 6.62. The Balaban J connectivity index is 1.75. The van der Waals surface area contributed by atoms with Crippen LogP contribution in [0.1, 0.15) is 25.3 Å². The molecule has 0 aliphatic carbocycles. The Morgan fingerprint density at radius 3 is 2.75 bits per heavy atom. The number of nitro groups is 1. The summed E-state index contributed by atoms with van der Waals surface area (Å²) in [5, 5.41) is 13.2. The van der Waals surface area contributed by atoms with E-state index in [9.17, 15) is 14.9 Å². The van der Waals surface area contributed by atoms with Crippen LogP contribution in [0.5, 0.6) is 5.75 Å². The first kappa shape index (κ1) is 22.0. The highest BCUT2D eigenvalue weighted by Crippen LogP contribution is 2.39. The maximum absolute atomic E-state index is 13.2. The molecule has 4 rings (SSSR count). The van der Waals surface area contributed by atoms with E-state index in [0.717, 1.165) is 29.2 Å². The summed E-state index contributed by atoms with van der Waals surface area (Å²) < 4.78 is 6.35. The molecule has 0 unspecified atom stereocenters. The summed E-state index contributed by atoms with van der Waals surface area (Å²) in [5.74, 6) is 0.394. The molecule has 0 saturated carbocycles. The Bertz CT molecular complexity index is 1260. The standard InChI is InChI=1S/C24H20N2O4S2/c1-2-3-13-30-21-12-11-16-7-4-5-10-19(16)20(21)15-22-23(27)25(24(31)32-22)17-8-6-9-18(14-17)26(28)29/h4-12,14-15H,2-3,13H2,1H3/b22-15+. The fourth-order valence-corrected chi connectivity index (χ4v) is 4.72. The van der Waals surface area contributed by atoms with Crippen LogP contribution < -0.4 is 9.64 Å². The molecule has 0 atom stereocenters. The molecule has 6 nitrogen and oxygen atoms in total. The maximum Gasteiger partial charge on any atom is 0.271 e. The van der Waals surface area contributed by atoms with Crippen LogP contribution in [0.25, 0.3) is 16.8 Å². The molecule has 1 aliphatic rings. The van der Waals surface area contributed by atoms with Crippen LogP contribution in [0, 0.1) is 10.1 Å². The van der Waals surface area contributed by atoms with E-state index in [4.69, 9.17) is 17.0 Å². The number of nitrogens with zero attached hydrogens (tertiary/aromatic N) is 2. The molecule has 8 heteroatoms. The van der Waals surface area contributed by atoms with E-state index in [-0.39, 0.29) is 11.6 Å². The number of non-ortho nitro benzene ring substituents is 1. The van der Waals surface area contributed by atoms with E-state index in [0.29, 0.717) is 27.3 Å². The third-order valence-corrected chi connectivity index (χ3v) is 6.36. The van der Waals surface area contributed by atoms with E-state index in [1.165, 1.54) is 28.8 Å². The minimum Gasteiger partial charge on any atom is -0.493 e. The lowest BCUT2D eigenvalue weighted by Crippen LogP contribution is -2.27. The molecule has 0 bridgehead atoms. The molecule has 0 N–H and O–H groups in total. The Kier molecular flexibility index (Phi) is 6.53. The summed E-state index contributed by atoms with van der Waals surface area (Å²) in [7, 11) is 0. The number of carbonyl (C=O) groups excluding carboxylic acids is 1. The van der Waals surface area contributed by atoms with Gasteiger partial charge in [-0.2, -0.15) is 0 Å². The molecule has 162 valence electrons. The molecule has 3 aromatic carbocycles. The van der Waals surface area contributed by atoms with Crippen LogP contribution in [0.2, 0.25) is 0 Å². The second-order valence-corrected chi connectivity index (χ2v) is 8.87. The number of fused-ring (bicyclic) bond motifs is 1. The van der Waals surface area contributed by atoms with Crippen LogP contribution in [0.15, 0.2) is 65.6 Å². The molecule has 1 heterocycles. The first-order chi connectivity index (χ1) is 15.5. The van der Waals surface area contributed by atoms with Gasteiger partial charge in [0.25, 0.3) is 11.6 Å². The highest BCUT2D eigenvalue weighted by Gasteiger charge is 2.34. The Morgan fingerprint density at radius 1 is 1.16 bits per heavy atom. The average Bonchev–Trinajstić information content (AvgIpc) is 3.08. The topological polar surface area (TPSA) is 72.7 Å². The van der Waals surface area contributed by atoms with Gasteiger partial charge in [0, 0.05) is 17.7 Å². The van der Waals surface area contributed by atoms with Crippen molar-refractivity contribution in [1.29, 1.82) is 0 Å². The van der Waals surface area contributed by atoms with Gasteiger partial charge >= 0.3 is 0 Å². The monoisotopic (exact) mass is 464 g/mol. The van der Waals surface area contributed by atoms with Crippen LogP contribution in [-0.2, 0) is 4.79 Å². The van der Waals surface area contributed by atoms with Gasteiger partial charge < -0.3 is 4.74 Å². The zero-order valence-electron chi connectivity index (χ0n) is 17.3. The molecule has 1 amide bonds. The molecule has 0 spiro atoms. The maximum atomic E-state index is 13.2. The van der Waals surface area contributed by atoms with E-state index in [2.05, 4.69) is 6.92 Å². The van der Waals surface area contributed by atoms with Crippen molar-refractivity contribution in [2.45, 2.75) is 19.8 Å². The third kappa shape index (κ3) is 4.37. The van der Waals surface area contributed by atoms with Crippen LogP contribution in [-0.4, -0.2) is 21.8 Å². The smallest absolute Gasteiger partial charge is 0.271 e. The molecular weight excluding hydrogens is 444 g/mol. The Morgan fingerprint density at radius 2 is 1.97 bits per heavy atom. The summed E-state index contributed by atoms with van der Waals surface area (Å²) in [6.45, 7) is 2.69. The minimum atomic E-state index is -0.493. The third-order valence-electron chi connectivity index (χ3n) is 5.05. The van der Waals surface area contributed by atoms with Gasteiger partial charge in [-0.3, -0.25) is 19.8 Å². The normalized spacial score (nSPS) is 15.0. The van der Waals surface area contributed by atoms with Gasteiger partial charge in [-0.05, 0) is 35.4 Å². The van der Waals surface area contributed by atoms with Crippen molar-refractivity contribution >= 4 is 62.4 Å². The minimum absolute atomic E-state index is 0.0961. The molecule has 1 aliphatic heterocycles. The fraction of sp³-hybridized carbons (Fsp3) is 0.167. The molecule has 1 saturated heterocycles. The number of amides is 1. The zero-order valence-corrected chi connectivity index (χ0v) is 18.9. The first-order valence-corrected chi connectivity index (χ1v) is 11.4. The highest BCUT2D eigenvalue weighted by molar-refractivity contribution is 8.27. The fourth-order valence-electron chi connectivity index (χ4n) is 3.44. The summed E-state index contributed by atoms with van der Waals surface area (Å²) in [4.78, 5) is 25.7. The zero-order chi connectivity index (χ0) is 22.7. The van der Waals surface area contributed by atoms with Crippen LogP contribution >= 0.6 is 24.0 Å². The lowest BCUT2D eigenvalue weighted by atomic mass is 10.0. The highest BCUT2D eigenvalue weighted by atomic mass is 32.2. The second-order valence-electron chi connectivity index (χ2n) is 7.19. The molecule has 1 fully saturated rings. The van der Waals surface area contributed by atoms with Gasteiger partial charge in [0.15, 0.2) is 4.32 Å². The molecule has 3 aromatic rings. The van der Waals surface area contributed by atoms with Crippen molar-refractivity contribution in [1.82, 2.24) is 0 Å². The van der Waals surface area contributed by atoms with Crippen LogP contribution in [0.4, 0.5) is 11.4 Å². The number of nitro benzene ring substituents is 1. The number of hydrogen-bond acceptors (Lipinski definition) is 6. The van der Waals surface area contributed by atoms with Crippen molar-refractivity contribution < 1.29 is 14.5 Å². The molecular formula is C24H20N2O4S2. The van der Waals surface area contributed by atoms with Crippen molar-refractivity contribution in [3.63, 3.8) is 0 Å². The number of benzene rings is 3. The number of unbranched alkanes of at least 4 members (excludes halogenated alkanes) is 1. The lowest BCUT2D eigenvalue weighted by Gasteiger charge is -2.14. The van der Waals surface area contributed by atoms with Crippen molar-refractivity contribution in [2.75, 3.05) is 11.5 Å². The number of hydrogen-bond donors (Lipinski definition) is 0. The van der Waals surface area contributed by atoms with Crippen molar-refractivity contribution in [2.24, 2.45) is 0 Å². The Labute approximate surface area is 195 Å². The number of ether oxygens (including phenoxy) is 1. The van der Waals surface area contributed by atoms with Gasteiger partial charge in [-0.25, -0.2) is 0 Å². The van der Waals surface area contributed by atoms with Gasteiger partial charge in [0.1, 0.15) is 5.75 Å². The number of anilines is 1. The predicted octanol–water partition coefficient (Wildman–Crippen LogP) is 6.33. The largest absolute Gasteiger partial charge is 0.493 e. The average molecular weight is 465 g/mol. The summed E-state index contributed by atoms with van der Waals surface area (Å²) in [6.07, 6.45) is 3.76. The van der Waals surface area contributed by atoms with E-state index >= 15 is 0 Å². The van der Waals surface area contributed by atoms with Gasteiger partial charge in [0.2, 0.25) is 0 Å². The summed E-state index contributed by atoms with van der Waals surface area (Å²) in [5.41, 5.74) is 1.10. The van der Waals surface area contributed by atoms with E-state index in [1.54, 1.807) is 18.2 Å². The molecule has 0 radical (unpaired) electrons. The molecule has 0 aromatic heterocycles. The predicted molar refractivity (Wildman–Crippen MR) is 133 cm³/mol. The van der Waals surface area contributed by atoms with Gasteiger partial charge in [-0.15, -0.1) is 0 Å². The second kappa shape index (κ2) is 9.50.